The second-order valence-electron chi connectivity index (χ2n) is 3.10. The summed E-state index contributed by atoms with van der Waals surface area (Å²) < 4.78 is 1.15. The average Bonchev–Trinajstić information content (AvgIpc) is 2.20. The van der Waals surface area contributed by atoms with Gasteiger partial charge in [0.1, 0.15) is 11.6 Å². The van der Waals surface area contributed by atoms with Gasteiger partial charge in [-0.25, -0.2) is 9.97 Å². The first-order valence-electron chi connectivity index (χ1n) is 4.95. The Kier molecular flexibility index (Phi) is 4.57. The van der Waals surface area contributed by atoms with Crippen molar-refractivity contribution in [2.45, 2.75) is 33.1 Å². The van der Waals surface area contributed by atoms with Gasteiger partial charge in [-0.15, -0.1) is 0 Å². The molecule has 0 bridgehead atoms. The third-order valence-electron chi connectivity index (χ3n) is 2.01. The van der Waals surface area contributed by atoms with Crippen LogP contribution in [0, 0.1) is 3.57 Å². The average molecular weight is 305 g/mol. The molecule has 0 spiro atoms. The van der Waals surface area contributed by atoms with Gasteiger partial charge >= 0.3 is 0 Å². The van der Waals surface area contributed by atoms with Crippen LogP contribution in [-0.2, 0) is 12.8 Å². The lowest BCUT2D eigenvalue weighted by Gasteiger charge is -2.09. The minimum atomic E-state index is 0.953. The number of nitrogens with one attached hydrogen (secondary N) is 1. The zero-order valence-electron chi connectivity index (χ0n) is 8.89. The van der Waals surface area contributed by atoms with Crippen molar-refractivity contribution in [3.05, 3.63) is 15.1 Å². The Morgan fingerprint density at radius 2 is 2.00 bits per heavy atom. The van der Waals surface area contributed by atoms with Crippen molar-refractivity contribution in [3.8, 4) is 0 Å². The van der Waals surface area contributed by atoms with E-state index in [0.29, 0.717) is 0 Å². The number of rotatable bonds is 4. The molecule has 0 aromatic carbocycles. The molecule has 3 nitrogen and oxygen atoms in total. The van der Waals surface area contributed by atoms with E-state index < -0.39 is 0 Å². The van der Waals surface area contributed by atoms with E-state index in [2.05, 4.69) is 51.7 Å². The van der Waals surface area contributed by atoms with Gasteiger partial charge in [-0.2, -0.15) is 0 Å². The smallest absolute Gasteiger partial charge is 0.143 e. The number of aryl methyl sites for hydroxylation is 2. The quantitative estimate of drug-likeness (QED) is 0.869. The predicted octanol–water partition coefficient (Wildman–Crippen LogP) is 2.64. The summed E-state index contributed by atoms with van der Waals surface area (Å²) in [6.07, 6.45) is 3.01. The van der Waals surface area contributed by atoms with E-state index in [1.54, 1.807) is 0 Å². The van der Waals surface area contributed by atoms with Crippen LogP contribution in [0.15, 0.2) is 0 Å². The molecule has 1 aromatic rings. The first-order chi connectivity index (χ1) is 6.72. The molecule has 1 aromatic heterocycles. The molecule has 0 fully saturated rings. The topological polar surface area (TPSA) is 37.8 Å². The predicted molar refractivity (Wildman–Crippen MR) is 67.7 cm³/mol. The van der Waals surface area contributed by atoms with Crippen LogP contribution >= 0.6 is 22.6 Å². The summed E-state index contributed by atoms with van der Waals surface area (Å²) in [5.41, 5.74) is 1.15. The third-order valence-corrected chi connectivity index (χ3v) is 3.14. The molecule has 1 N–H and O–H groups in total. The molecule has 0 aliphatic carbocycles. The fraction of sp³-hybridized carbons (Fsp3) is 0.600. The van der Waals surface area contributed by atoms with E-state index in [-0.39, 0.29) is 0 Å². The minimum Gasteiger partial charge on any atom is -0.372 e. The minimum absolute atomic E-state index is 0.953. The van der Waals surface area contributed by atoms with E-state index >= 15 is 0 Å². The Bertz CT molecular complexity index is 287. The number of nitrogens with zero attached hydrogens (tertiary/aromatic N) is 2. The highest BCUT2D eigenvalue weighted by atomic mass is 127. The second-order valence-corrected chi connectivity index (χ2v) is 4.18. The fourth-order valence-corrected chi connectivity index (χ4v) is 2.17. The van der Waals surface area contributed by atoms with E-state index in [0.717, 1.165) is 40.2 Å². The summed E-state index contributed by atoms with van der Waals surface area (Å²) in [6.45, 7) is 4.27. The van der Waals surface area contributed by atoms with Gasteiger partial charge in [-0.05, 0) is 35.4 Å². The van der Waals surface area contributed by atoms with E-state index in [1.807, 2.05) is 7.05 Å². The van der Waals surface area contributed by atoms with Crippen LogP contribution in [-0.4, -0.2) is 17.0 Å². The van der Waals surface area contributed by atoms with Crippen molar-refractivity contribution in [1.29, 1.82) is 0 Å². The van der Waals surface area contributed by atoms with Gasteiger partial charge in [-0.3, -0.25) is 0 Å². The van der Waals surface area contributed by atoms with Gasteiger partial charge in [0.15, 0.2) is 0 Å². The molecular formula is C10H16IN3. The van der Waals surface area contributed by atoms with Gasteiger partial charge < -0.3 is 5.32 Å². The standard InChI is InChI=1S/C10H16IN3/c1-4-6-8-13-7(5-2)9(11)10(12-3)14-8/h4-6H2,1-3H3,(H,12,13,14). The van der Waals surface area contributed by atoms with Crippen molar-refractivity contribution >= 4 is 28.4 Å². The van der Waals surface area contributed by atoms with Crippen molar-refractivity contribution in [2.24, 2.45) is 0 Å². The maximum atomic E-state index is 4.53. The molecule has 0 atom stereocenters. The normalized spacial score (nSPS) is 10.3. The van der Waals surface area contributed by atoms with Crippen LogP contribution in [0.5, 0.6) is 0 Å². The van der Waals surface area contributed by atoms with Crippen molar-refractivity contribution in [2.75, 3.05) is 12.4 Å². The van der Waals surface area contributed by atoms with Gasteiger partial charge in [0.25, 0.3) is 0 Å². The summed E-state index contributed by atoms with van der Waals surface area (Å²) in [6, 6.07) is 0. The zero-order valence-corrected chi connectivity index (χ0v) is 11.1. The summed E-state index contributed by atoms with van der Waals surface area (Å²) in [5.74, 6) is 1.91. The molecule has 0 aliphatic rings. The summed E-state index contributed by atoms with van der Waals surface area (Å²) in [7, 11) is 1.90. The van der Waals surface area contributed by atoms with Crippen LogP contribution in [0.2, 0.25) is 0 Å². The molecule has 78 valence electrons. The van der Waals surface area contributed by atoms with Crippen molar-refractivity contribution in [1.82, 2.24) is 9.97 Å². The molecule has 1 rings (SSSR count). The van der Waals surface area contributed by atoms with Crippen molar-refractivity contribution < 1.29 is 0 Å². The largest absolute Gasteiger partial charge is 0.372 e. The molecule has 0 saturated carbocycles. The highest BCUT2D eigenvalue weighted by Crippen LogP contribution is 2.19. The molecule has 1 heterocycles. The number of hydrogen-bond acceptors (Lipinski definition) is 3. The maximum absolute atomic E-state index is 4.53. The SMILES string of the molecule is CCCc1nc(CC)c(I)c(NC)n1. The van der Waals surface area contributed by atoms with Crippen LogP contribution in [0.25, 0.3) is 0 Å². The van der Waals surface area contributed by atoms with E-state index in [9.17, 15) is 0 Å². The number of anilines is 1. The van der Waals surface area contributed by atoms with Gasteiger partial charge in [-0.1, -0.05) is 13.8 Å². The molecule has 14 heavy (non-hydrogen) atoms. The first-order valence-corrected chi connectivity index (χ1v) is 6.03. The molecule has 0 radical (unpaired) electrons. The molecule has 0 aliphatic heterocycles. The van der Waals surface area contributed by atoms with Gasteiger partial charge in [0.05, 0.1) is 9.26 Å². The second kappa shape index (κ2) is 5.48. The number of hydrogen-bond donors (Lipinski definition) is 1. The van der Waals surface area contributed by atoms with Crippen LogP contribution in [0.1, 0.15) is 31.8 Å². The molecule has 0 amide bonds. The number of halogens is 1. The number of aromatic nitrogens is 2. The molecule has 0 saturated heterocycles. The Morgan fingerprint density at radius 1 is 1.29 bits per heavy atom. The Balaban J connectivity index is 3.11. The Hall–Kier alpha value is -0.390. The van der Waals surface area contributed by atoms with Crippen LogP contribution in [0.4, 0.5) is 5.82 Å². The Labute approximate surface area is 98.9 Å². The lowest BCUT2D eigenvalue weighted by molar-refractivity contribution is 0.811. The van der Waals surface area contributed by atoms with Gasteiger partial charge in [0.2, 0.25) is 0 Å². The fourth-order valence-electron chi connectivity index (χ4n) is 1.28. The summed E-state index contributed by atoms with van der Waals surface area (Å²) >= 11 is 2.30. The lowest BCUT2D eigenvalue weighted by atomic mass is 10.2. The highest BCUT2D eigenvalue weighted by Gasteiger charge is 2.08. The monoisotopic (exact) mass is 305 g/mol. The van der Waals surface area contributed by atoms with Gasteiger partial charge in [0, 0.05) is 13.5 Å². The Morgan fingerprint density at radius 3 is 2.50 bits per heavy atom. The molecular weight excluding hydrogens is 289 g/mol. The van der Waals surface area contributed by atoms with Crippen LogP contribution in [0.3, 0.4) is 0 Å². The lowest BCUT2D eigenvalue weighted by Crippen LogP contribution is -2.06. The van der Waals surface area contributed by atoms with Crippen molar-refractivity contribution in [3.63, 3.8) is 0 Å². The highest BCUT2D eigenvalue weighted by molar-refractivity contribution is 14.1. The summed E-state index contributed by atoms with van der Waals surface area (Å²) in [5, 5.41) is 3.11. The molecule has 0 unspecified atom stereocenters. The maximum Gasteiger partial charge on any atom is 0.143 e. The third kappa shape index (κ3) is 2.56. The van der Waals surface area contributed by atoms with E-state index in [1.165, 1.54) is 0 Å². The zero-order chi connectivity index (χ0) is 10.6. The molecule has 4 heteroatoms. The van der Waals surface area contributed by atoms with E-state index in [4.69, 9.17) is 0 Å². The summed E-state index contributed by atoms with van der Waals surface area (Å²) in [4.78, 5) is 8.99. The van der Waals surface area contributed by atoms with Crippen LogP contribution < -0.4 is 5.32 Å². The first kappa shape index (κ1) is 11.7.